The normalized spacial score (nSPS) is 10.9. The number of tetrazole rings is 1. The van der Waals surface area contributed by atoms with Crippen LogP contribution in [0.5, 0.6) is 17.4 Å². The van der Waals surface area contributed by atoms with Crippen molar-refractivity contribution in [2.75, 3.05) is 33.1 Å². The first-order valence-electron chi connectivity index (χ1n) is 9.78. The molecular formula is C19H21N9O4S. The van der Waals surface area contributed by atoms with E-state index in [0.29, 0.717) is 40.6 Å². The molecule has 0 saturated heterocycles. The second-order valence-electron chi connectivity index (χ2n) is 6.61. The van der Waals surface area contributed by atoms with Crippen LogP contribution in [0.4, 0.5) is 0 Å². The van der Waals surface area contributed by atoms with E-state index >= 15 is 0 Å². The van der Waals surface area contributed by atoms with Gasteiger partial charge in [-0.25, -0.2) is 4.68 Å². The third kappa shape index (κ3) is 5.11. The zero-order valence-corrected chi connectivity index (χ0v) is 18.9. The highest BCUT2D eigenvalue weighted by Crippen LogP contribution is 2.31. The first kappa shape index (κ1) is 22.3. The number of nitrogens with zero attached hydrogens (tertiary/aromatic N) is 8. The number of ether oxygens (including phenoxy) is 3. The fourth-order valence-electron chi connectivity index (χ4n) is 2.88. The van der Waals surface area contributed by atoms with Crippen LogP contribution in [0, 0.1) is 0 Å². The maximum atomic E-state index is 12.0. The standard InChI is InChI=1S/C19H21N9O4S/c1-27-19(23-25-26-27)33-11-16(29)20-8-9-32-17-7-6-15-21-22-18(28(15)24-17)12-4-5-13(30-2)14(10-12)31-3/h4-7,10H,8-9,11H2,1-3H3,(H,20,29). The molecule has 13 nitrogen and oxygen atoms in total. The summed E-state index contributed by atoms with van der Waals surface area (Å²) >= 11 is 1.25. The van der Waals surface area contributed by atoms with Gasteiger partial charge < -0.3 is 19.5 Å². The summed E-state index contributed by atoms with van der Waals surface area (Å²) in [6.45, 7) is 0.565. The van der Waals surface area contributed by atoms with Crippen molar-refractivity contribution in [1.29, 1.82) is 0 Å². The molecule has 0 radical (unpaired) electrons. The second-order valence-corrected chi connectivity index (χ2v) is 7.55. The Morgan fingerprint density at radius 1 is 1.09 bits per heavy atom. The van der Waals surface area contributed by atoms with Crippen LogP contribution >= 0.6 is 11.8 Å². The van der Waals surface area contributed by atoms with Crippen molar-refractivity contribution in [2.24, 2.45) is 7.05 Å². The molecule has 0 bridgehead atoms. The number of methoxy groups -OCH3 is 2. The highest BCUT2D eigenvalue weighted by molar-refractivity contribution is 7.99. The summed E-state index contributed by atoms with van der Waals surface area (Å²) in [5, 5.41) is 27.3. The third-order valence-electron chi connectivity index (χ3n) is 4.47. The molecule has 1 aromatic carbocycles. The number of thioether (sulfide) groups is 1. The van der Waals surface area contributed by atoms with Crippen LogP contribution < -0.4 is 19.5 Å². The molecule has 0 aliphatic heterocycles. The smallest absolute Gasteiger partial charge is 0.231 e. The van der Waals surface area contributed by atoms with E-state index in [0.717, 1.165) is 5.56 Å². The van der Waals surface area contributed by atoms with Gasteiger partial charge in [0, 0.05) is 18.7 Å². The molecule has 172 valence electrons. The minimum atomic E-state index is -0.149. The summed E-state index contributed by atoms with van der Waals surface area (Å²) in [7, 11) is 4.86. The van der Waals surface area contributed by atoms with E-state index in [1.807, 2.05) is 6.07 Å². The number of fused-ring (bicyclic) bond motifs is 1. The van der Waals surface area contributed by atoms with Gasteiger partial charge in [-0.05, 0) is 34.7 Å². The molecule has 0 fully saturated rings. The van der Waals surface area contributed by atoms with Gasteiger partial charge in [-0.15, -0.1) is 20.4 Å². The molecule has 0 saturated carbocycles. The molecule has 0 atom stereocenters. The Balaban J connectivity index is 1.35. The van der Waals surface area contributed by atoms with Gasteiger partial charge in [0.2, 0.25) is 16.9 Å². The molecule has 4 rings (SSSR count). The van der Waals surface area contributed by atoms with Crippen molar-refractivity contribution < 1.29 is 19.0 Å². The zero-order valence-electron chi connectivity index (χ0n) is 18.1. The molecule has 0 spiro atoms. The predicted octanol–water partition coefficient (Wildman–Crippen LogP) is 0.619. The summed E-state index contributed by atoms with van der Waals surface area (Å²) in [6, 6.07) is 8.88. The molecule has 3 heterocycles. The van der Waals surface area contributed by atoms with Crippen LogP contribution in [-0.4, -0.2) is 79.0 Å². The Kier molecular flexibility index (Phi) is 6.83. The van der Waals surface area contributed by atoms with E-state index in [9.17, 15) is 4.79 Å². The number of aryl methyl sites for hydroxylation is 1. The van der Waals surface area contributed by atoms with Crippen LogP contribution in [0.25, 0.3) is 17.0 Å². The molecule has 4 aromatic rings. The number of hydrogen-bond donors (Lipinski definition) is 1. The molecule has 0 aliphatic rings. The maximum absolute atomic E-state index is 12.0. The zero-order chi connectivity index (χ0) is 23.2. The monoisotopic (exact) mass is 471 g/mol. The summed E-state index contributed by atoms with van der Waals surface area (Å²) in [5.74, 6) is 2.14. The van der Waals surface area contributed by atoms with Crippen molar-refractivity contribution in [1.82, 2.24) is 45.3 Å². The number of carbonyl (C=O) groups is 1. The van der Waals surface area contributed by atoms with Crippen molar-refractivity contribution in [2.45, 2.75) is 5.16 Å². The Hall–Kier alpha value is -3.94. The van der Waals surface area contributed by atoms with E-state index in [-0.39, 0.29) is 18.3 Å². The average molecular weight is 472 g/mol. The number of carbonyl (C=O) groups excluding carboxylic acids is 1. The minimum absolute atomic E-state index is 0.149. The summed E-state index contributed by atoms with van der Waals surface area (Å²) < 4.78 is 19.4. The number of amides is 1. The first-order chi connectivity index (χ1) is 16.1. The van der Waals surface area contributed by atoms with Gasteiger partial charge in [0.1, 0.15) is 6.61 Å². The molecule has 0 aliphatic carbocycles. The van der Waals surface area contributed by atoms with Crippen molar-refractivity contribution in [3.8, 4) is 28.8 Å². The number of rotatable bonds is 10. The van der Waals surface area contributed by atoms with Crippen molar-refractivity contribution in [3.63, 3.8) is 0 Å². The first-order valence-corrected chi connectivity index (χ1v) is 10.8. The molecule has 0 unspecified atom stereocenters. The second kappa shape index (κ2) is 10.1. The van der Waals surface area contributed by atoms with Crippen LogP contribution in [0.2, 0.25) is 0 Å². The number of benzene rings is 1. The highest BCUT2D eigenvalue weighted by atomic mass is 32.2. The van der Waals surface area contributed by atoms with Gasteiger partial charge in [0.15, 0.2) is 23.0 Å². The lowest BCUT2D eigenvalue weighted by Crippen LogP contribution is -2.29. The number of aromatic nitrogens is 8. The SMILES string of the molecule is COc1ccc(-c2nnc3ccc(OCCNC(=O)CSc4nnnn4C)nn23)cc1OC. The van der Waals surface area contributed by atoms with E-state index in [4.69, 9.17) is 14.2 Å². The van der Waals surface area contributed by atoms with Crippen LogP contribution in [0.15, 0.2) is 35.5 Å². The van der Waals surface area contributed by atoms with Gasteiger partial charge in [0.25, 0.3) is 0 Å². The Morgan fingerprint density at radius 2 is 1.94 bits per heavy atom. The van der Waals surface area contributed by atoms with Gasteiger partial charge in [-0.3, -0.25) is 4.79 Å². The number of nitrogens with one attached hydrogen (secondary N) is 1. The van der Waals surface area contributed by atoms with Crippen LogP contribution in [0.1, 0.15) is 0 Å². The molecule has 3 aromatic heterocycles. The van der Waals surface area contributed by atoms with E-state index in [1.165, 1.54) is 16.4 Å². The highest BCUT2D eigenvalue weighted by Gasteiger charge is 2.14. The van der Waals surface area contributed by atoms with Gasteiger partial charge >= 0.3 is 0 Å². The Bertz CT molecular complexity index is 1260. The van der Waals surface area contributed by atoms with E-state index in [2.05, 4.69) is 36.1 Å². The maximum Gasteiger partial charge on any atom is 0.231 e. The Morgan fingerprint density at radius 3 is 2.70 bits per heavy atom. The topological polar surface area (TPSA) is 143 Å². The van der Waals surface area contributed by atoms with Crippen LogP contribution in [-0.2, 0) is 11.8 Å². The van der Waals surface area contributed by atoms with Gasteiger partial charge in [-0.2, -0.15) is 4.52 Å². The summed E-state index contributed by atoms with van der Waals surface area (Å²) in [6.07, 6.45) is 0. The minimum Gasteiger partial charge on any atom is -0.493 e. The third-order valence-corrected chi connectivity index (χ3v) is 5.48. The Labute approximate surface area is 192 Å². The van der Waals surface area contributed by atoms with Gasteiger partial charge in [0.05, 0.1) is 26.5 Å². The van der Waals surface area contributed by atoms with Crippen LogP contribution in [0.3, 0.4) is 0 Å². The lowest BCUT2D eigenvalue weighted by molar-refractivity contribution is -0.118. The average Bonchev–Trinajstić information content (AvgIpc) is 3.45. The fraction of sp³-hybridized carbons (Fsp3) is 0.316. The molecule has 1 N–H and O–H groups in total. The fourth-order valence-corrected chi connectivity index (χ4v) is 3.55. The quantitative estimate of drug-likeness (QED) is 0.257. The molecule has 33 heavy (non-hydrogen) atoms. The summed E-state index contributed by atoms with van der Waals surface area (Å²) in [5.41, 5.74) is 1.32. The lowest BCUT2D eigenvalue weighted by Gasteiger charge is -2.09. The predicted molar refractivity (Wildman–Crippen MR) is 117 cm³/mol. The van der Waals surface area contributed by atoms with E-state index < -0.39 is 0 Å². The molecule has 14 heteroatoms. The van der Waals surface area contributed by atoms with Gasteiger partial charge in [-0.1, -0.05) is 11.8 Å². The largest absolute Gasteiger partial charge is 0.493 e. The molecular weight excluding hydrogens is 450 g/mol. The lowest BCUT2D eigenvalue weighted by atomic mass is 10.2. The summed E-state index contributed by atoms with van der Waals surface area (Å²) in [4.78, 5) is 12.0. The molecule has 1 amide bonds. The van der Waals surface area contributed by atoms with Crippen molar-refractivity contribution in [3.05, 3.63) is 30.3 Å². The van der Waals surface area contributed by atoms with Crippen molar-refractivity contribution >= 4 is 23.3 Å². The van der Waals surface area contributed by atoms with E-state index in [1.54, 1.807) is 50.0 Å². The number of hydrogen-bond acceptors (Lipinski definition) is 11.